The second-order valence-electron chi connectivity index (χ2n) is 11.6. The lowest BCUT2D eigenvalue weighted by molar-refractivity contribution is -0.129. The van der Waals surface area contributed by atoms with Gasteiger partial charge < -0.3 is 20.8 Å². The van der Waals surface area contributed by atoms with Crippen LogP contribution in [0.2, 0.25) is 0 Å². The summed E-state index contributed by atoms with van der Waals surface area (Å²) in [5, 5.41) is 28.2. The van der Waals surface area contributed by atoms with Crippen molar-refractivity contribution in [2.24, 2.45) is 17.8 Å². The number of benzene rings is 1. The average Bonchev–Trinajstić information content (AvgIpc) is 3.25. The van der Waals surface area contributed by atoms with Gasteiger partial charge in [0.05, 0.1) is 24.3 Å². The molecule has 4 N–H and O–H groups in total. The quantitative estimate of drug-likeness (QED) is 0.321. The van der Waals surface area contributed by atoms with Crippen molar-refractivity contribution >= 4 is 17.9 Å². The summed E-state index contributed by atoms with van der Waals surface area (Å²) >= 11 is 0. The Hall–Kier alpha value is -3.03. The Morgan fingerprint density at radius 2 is 1.87 bits per heavy atom. The zero-order chi connectivity index (χ0) is 27.8. The van der Waals surface area contributed by atoms with Gasteiger partial charge in [0.2, 0.25) is 11.8 Å². The summed E-state index contributed by atoms with van der Waals surface area (Å²) in [5.41, 5.74) is 2.82. The topological polar surface area (TPSA) is 112 Å². The third-order valence-electron chi connectivity index (χ3n) is 8.35. The molecule has 0 aliphatic heterocycles. The first-order valence-electron chi connectivity index (χ1n) is 14.4. The number of nitrogens with zero attached hydrogens (tertiary/aromatic N) is 1. The molecule has 1 aromatic heterocycles. The largest absolute Gasteiger partial charge is 0.391 e. The first-order chi connectivity index (χ1) is 18.8. The summed E-state index contributed by atoms with van der Waals surface area (Å²) in [7, 11) is 0. The number of hydrogen-bond acceptors (Lipinski definition) is 5. The van der Waals surface area contributed by atoms with Crippen molar-refractivity contribution < 1.29 is 19.8 Å². The van der Waals surface area contributed by atoms with Crippen LogP contribution < -0.4 is 10.6 Å². The number of amides is 2. The molecule has 2 amide bonds. The van der Waals surface area contributed by atoms with E-state index in [1.165, 1.54) is 25.3 Å². The predicted octanol–water partition coefficient (Wildman–Crippen LogP) is 4.35. The SMILES string of the molecule is CC(C)C(CC(O)C(CC1CCCCC1)NC(=O)C=Cc1cccnc1)C(=O)NC1c2ccccc2CC1O. The maximum atomic E-state index is 13.5. The number of hydrogen-bond donors (Lipinski definition) is 4. The van der Waals surface area contributed by atoms with Crippen molar-refractivity contribution in [1.29, 1.82) is 0 Å². The van der Waals surface area contributed by atoms with E-state index in [0.717, 1.165) is 29.5 Å². The molecule has 0 radical (unpaired) electrons. The van der Waals surface area contributed by atoms with Gasteiger partial charge >= 0.3 is 0 Å². The molecular formula is C32H43N3O4. The van der Waals surface area contributed by atoms with Crippen molar-refractivity contribution in [2.75, 3.05) is 0 Å². The molecule has 0 spiro atoms. The summed E-state index contributed by atoms with van der Waals surface area (Å²) in [6.07, 6.45) is 12.2. The van der Waals surface area contributed by atoms with E-state index in [2.05, 4.69) is 15.6 Å². The molecule has 0 saturated heterocycles. The van der Waals surface area contributed by atoms with Crippen LogP contribution in [0.4, 0.5) is 0 Å². The molecule has 0 bridgehead atoms. The summed E-state index contributed by atoms with van der Waals surface area (Å²) in [4.78, 5) is 30.4. The van der Waals surface area contributed by atoms with Gasteiger partial charge in [-0.25, -0.2) is 0 Å². The molecule has 1 saturated carbocycles. The highest BCUT2D eigenvalue weighted by Crippen LogP contribution is 2.33. The van der Waals surface area contributed by atoms with E-state index in [1.807, 2.05) is 50.2 Å². The highest BCUT2D eigenvalue weighted by atomic mass is 16.3. The molecular weight excluding hydrogens is 490 g/mol. The molecule has 5 unspecified atom stereocenters. The minimum Gasteiger partial charge on any atom is -0.391 e. The number of aromatic nitrogens is 1. The van der Waals surface area contributed by atoms with Gasteiger partial charge in [-0.1, -0.05) is 76.3 Å². The summed E-state index contributed by atoms with van der Waals surface area (Å²) < 4.78 is 0. The lowest BCUT2D eigenvalue weighted by Crippen LogP contribution is -2.47. The highest BCUT2D eigenvalue weighted by molar-refractivity contribution is 5.91. The zero-order valence-electron chi connectivity index (χ0n) is 23.1. The van der Waals surface area contributed by atoms with Gasteiger partial charge in [-0.2, -0.15) is 0 Å². The first kappa shape index (κ1) is 29.0. The lowest BCUT2D eigenvalue weighted by atomic mass is 9.81. The number of pyridine rings is 1. The van der Waals surface area contributed by atoms with Crippen LogP contribution in [0.15, 0.2) is 54.9 Å². The van der Waals surface area contributed by atoms with Crippen LogP contribution >= 0.6 is 0 Å². The number of carbonyl (C=O) groups excluding carboxylic acids is 2. The Morgan fingerprint density at radius 3 is 2.59 bits per heavy atom. The molecule has 39 heavy (non-hydrogen) atoms. The normalized spacial score (nSPS) is 21.9. The van der Waals surface area contributed by atoms with Gasteiger partial charge in [0.15, 0.2) is 0 Å². The Balaban J connectivity index is 1.44. The maximum absolute atomic E-state index is 13.5. The minimum absolute atomic E-state index is 0.0232. The average molecular weight is 534 g/mol. The van der Waals surface area contributed by atoms with Gasteiger partial charge in [0.1, 0.15) is 0 Å². The number of carbonyl (C=O) groups is 2. The minimum atomic E-state index is -0.874. The van der Waals surface area contributed by atoms with Gasteiger partial charge in [0, 0.05) is 30.8 Å². The number of aliphatic hydroxyl groups is 2. The Morgan fingerprint density at radius 1 is 1.10 bits per heavy atom. The van der Waals surface area contributed by atoms with Gasteiger partial charge in [-0.15, -0.1) is 0 Å². The fraction of sp³-hybridized carbons (Fsp3) is 0.531. The summed E-state index contributed by atoms with van der Waals surface area (Å²) in [5.74, 6) is -0.488. The molecule has 2 aliphatic rings. The van der Waals surface area contributed by atoms with Crippen molar-refractivity contribution in [3.05, 3.63) is 71.6 Å². The van der Waals surface area contributed by atoms with Crippen LogP contribution in [0.3, 0.4) is 0 Å². The van der Waals surface area contributed by atoms with Crippen molar-refractivity contribution in [2.45, 2.75) is 89.5 Å². The number of nitrogens with one attached hydrogen (secondary N) is 2. The molecule has 210 valence electrons. The predicted molar refractivity (Wildman–Crippen MR) is 152 cm³/mol. The molecule has 7 nitrogen and oxygen atoms in total. The van der Waals surface area contributed by atoms with Crippen molar-refractivity contribution in [3.63, 3.8) is 0 Å². The maximum Gasteiger partial charge on any atom is 0.244 e. The zero-order valence-corrected chi connectivity index (χ0v) is 23.1. The molecule has 7 heteroatoms. The van der Waals surface area contributed by atoms with E-state index in [-0.39, 0.29) is 24.2 Å². The monoisotopic (exact) mass is 533 g/mol. The van der Waals surface area contributed by atoms with Crippen LogP contribution in [0.5, 0.6) is 0 Å². The van der Waals surface area contributed by atoms with Crippen molar-refractivity contribution in [3.8, 4) is 0 Å². The molecule has 1 fully saturated rings. The molecule has 1 aromatic carbocycles. The molecule has 1 heterocycles. The smallest absolute Gasteiger partial charge is 0.244 e. The van der Waals surface area contributed by atoms with E-state index in [4.69, 9.17) is 0 Å². The van der Waals surface area contributed by atoms with E-state index >= 15 is 0 Å². The van der Waals surface area contributed by atoms with Crippen LogP contribution in [0.1, 0.15) is 81.5 Å². The second kappa shape index (κ2) is 13.9. The van der Waals surface area contributed by atoms with Crippen LogP contribution in [-0.4, -0.2) is 45.3 Å². The van der Waals surface area contributed by atoms with Crippen LogP contribution in [0, 0.1) is 17.8 Å². The third kappa shape index (κ3) is 7.99. The standard InChI is InChI=1S/C32H43N3O4/c1-21(2)26(32(39)35-31-25-13-7-6-12-24(25)18-29(31)37)19-28(36)27(17-22-9-4-3-5-10-22)34-30(38)15-14-23-11-8-16-33-20-23/h6-8,11-16,20-22,26-29,31,36-37H,3-5,9-10,17-19H2,1-2H3,(H,34,38)(H,35,39). The highest BCUT2D eigenvalue weighted by Gasteiger charge is 2.36. The molecule has 2 aromatic rings. The van der Waals surface area contributed by atoms with Gasteiger partial charge in [0.25, 0.3) is 0 Å². The molecule has 2 aliphatic carbocycles. The van der Waals surface area contributed by atoms with E-state index in [9.17, 15) is 19.8 Å². The van der Waals surface area contributed by atoms with Crippen molar-refractivity contribution in [1.82, 2.24) is 15.6 Å². The Bertz CT molecular complexity index is 1110. The van der Waals surface area contributed by atoms with Crippen LogP contribution in [0.25, 0.3) is 6.08 Å². The molecule has 4 rings (SSSR count). The van der Waals surface area contributed by atoms with E-state index in [0.29, 0.717) is 18.8 Å². The summed E-state index contributed by atoms with van der Waals surface area (Å²) in [6, 6.07) is 10.6. The van der Waals surface area contributed by atoms with E-state index < -0.39 is 30.2 Å². The van der Waals surface area contributed by atoms with Gasteiger partial charge in [-0.05, 0) is 53.5 Å². The lowest BCUT2D eigenvalue weighted by Gasteiger charge is -2.32. The molecule has 5 atom stereocenters. The number of rotatable bonds is 11. The Labute approximate surface area is 232 Å². The fourth-order valence-corrected chi connectivity index (χ4v) is 6.09. The van der Waals surface area contributed by atoms with E-state index in [1.54, 1.807) is 18.5 Å². The fourth-order valence-electron chi connectivity index (χ4n) is 6.09. The summed E-state index contributed by atoms with van der Waals surface area (Å²) in [6.45, 7) is 3.95. The number of aliphatic hydroxyl groups excluding tert-OH is 2. The first-order valence-corrected chi connectivity index (χ1v) is 14.4. The third-order valence-corrected chi connectivity index (χ3v) is 8.35. The Kier molecular flexibility index (Phi) is 10.3. The van der Waals surface area contributed by atoms with Crippen LogP contribution in [-0.2, 0) is 16.0 Å². The van der Waals surface area contributed by atoms with Gasteiger partial charge in [-0.3, -0.25) is 14.6 Å². The number of fused-ring (bicyclic) bond motifs is 1. The second-order valence-corrected chi connectivity index (χ2v) is 11.6.